The van der Waals surface area contributed by atoms with Crippen LogP contribution in [0.3, 0.4) is 0 Å². The Morgan fingerprint density at radius 2 is 2.18 bits per heavy atom. The van der Waals surface area contributed by atoms with Gasteiger partial charge in [-0.1, -0.05) is 12.2 Å². The lowest BCUT2D eigenvalue weighted by molar-refractivity contribution is 0.284. The molecule has 0 heterocycles. The lowest BCUT2D eigenvalue weighted by atomic mass is 10.0. The van der Waals surface area contributed by atoms with Crippen LogP contribution in [0.5, 0.6) is 0 Å². The predicted octanol–water partition coefficient (Wildman–Crippen LogP) is 1.44. The fourth-order valence-electron chi connectivity index (χ4n) is 1.04. The van der Waals surface area contributed by atoms with Gasteiger partial charge in [0.15, 0.2) is 0 Å². The zero-order valence-electron chi connectivity index (χ0n) is 7.34. The van der Waals surface area contributed by atoms with Crippen LogP contribution in [0.1, 0.15) is 32.6 Å². The molecule has 0 aromatic heterocycles. The van der Waals surface area contributed by atoms with Crippen molar-refractivity contribution < 1.29 is 5.11 Å². The molecule has 0 saturated carbocycles. The summed E-state index contributed by atoms with van der Waals surface area (Å²) in [5.41, 5.74) is 6.79. The van der Waals surface area contributed by atoms with Gasteiger partial charge in [0.05, 0.1) is 0 Å². The topological polar surface area (TPSA) is 46.2 Å². The molecule has 0 bridgehead atoms. The molecule has 11 heavy (non-hydrogen) atoms. The number of unbranched alkanes of at least 4 members (excludes halogenated alkanes) is 1. The zero-order chi connectivity index (χ0) is 8.69. The highest BCUT2D eigenvalue weighted by atomic mass is 16.2. The summed E-state index contributed by atoms with van der Waals surface area (Å²) in [5.74, 6) is 0. The maximum Gasteiger partial charge on any atom is 0.0431 e. The van der Waals surface area contributed by atoms with Crippen LogP contribution in [-0.2, 0) is 0 Å². The highest BCUT2D eigenvalue weighted by Gasteiger charge is 1.98. The van der Waals surface area contributed by atoms with Gasteiger partial charge < -0.3 is 10.8 Å². The molecule has 2 heteroatoms. The number of aliphatic hydroxyl groups excluding tert-OH is 1. The van der Waals surface area contributed by atoms with E-state index in [0.717, 1.165) is 25.7 Å². The first kappa shape index (κ1) is 10.7. The minimum absolute atomic E-state index is 0.219. The van der Waals surface area contributed by atoms with Crippen molar-refractivity contribution in [2.75, 3.05) is 6.61 Å². The third kappa shape index (κ3) is 7.56. The van der Waals surface area contributed by atoms with E-state index in [1.807, 2.05) is 6.92 Å². The average molecular weight is 157 g/mol. The molecule has 0 aliphatic heterocycles. The Kier molecular flexibility index (Phi) is 6.18. The summed E-state index contributed by atoms with van der Waals surface area (Å²) in [6, 6.07) is 0.219. The van der Waals surface area contributed by atoms with Crippen LogP contribution in [0.25, 0.3) is 0 Å². The van der Waals surface area contributed by atoms with E-state index in [-0.39, 0.29) is 12.6 Å². The van der Waals surface area contributed by atoms with Gasteiger partial charge in [0, 0.05) is 12.6 Å². The van der Waals surface area contributed by atoms with E-state index in [0.29, 0.717) is 0 Å². The monoisotopic (exact) mass is 157 g/mol. The van der Waals surface area contributed by atoms with Gasteiger partial charge in [-0.25, -0.2) is 0 Å². The number of aliphatic hydroxyl groups is 1. The fraction of sp³-hybridized carbons (Fsp3) is 0.778. The molecule has 3 N–H and O–H groups in total. The van der Waals surface area contributed by atoms with Crippen LogP contribution >= 0.6 is 0 Å². The van der Waals surface area contributed by atoms with Crippen molar-refractivity contribution in [1.82, 2.24) is 0 Å². The first-order chi connectivity index (χ1) is 5.16. The highest BCUT2D eigenvalue weighted by molar-refractivity contribution is 4.95. The van der Waals surface area contributed by atoms with Crippen molar-refractivity contribution in [3.63, 3.8) is 0 Å². The Hall–Kier alpha value is -0.340. The molecule has 0 aromatic rings. The summed E-state index contributed by atoms with van der Waals surface area (Å²) in [7, 11) is 0. The minimum atomic E-state index is 0.219. The lowest BCUT2D eigenvalue weighted by Crippen LogP contribution is -2.15. The van der Waals surface area contributed by atoms with Gasteiger partial charge in [-0.3, -0.25) is 0 Å². The van der Waals surface area contributed by atoms with Crippen LogP contribution in [0.4, 0.5) is 0 Å². The van der Waals surface area contributed by atoms with E-state index in [1.54, 1.807) is 0 Å². The fourth-order valence-corrected chi connectivity index (χ4v) is 1.04. The number of hydrogen-bond donors (Lipinski definition) is 2. The number of rotatable bonds is 6. The third-order valence-electron chi connectivity index (χ3n) is 1.55. The minimum Gasteiger partial charge on any atom is -0.396 e. The Morgan fingerprint density at radius 3 is 2.64 bits per heavy atom. The van der Waals surface area contributed by atoms with Crippen LogP contribution in [-0.4, -0.2) is 17.8 Å². The molecule has 0 saturated heterocycles. The maximum atomic E-state index is 8.51. The van der Waals surface area contributed by atoms with Crippen LogP contribution < -0.4 is 5.73 Å². The summed E-state index contributed by atoms with van der Waals surface area (Å²) < 4.78 is 0. The lowest BCUT2D eigenvalue weighted by Gasteiger charge is -2.07. The SMILES string of the molecule is C=C(CCCCO)CC(C)N. The predicted molar refractivity (Wildman–Crippen MR) is 48.3 cm³/mol. The molecular weight excluding hydrogens is 138 g/mol. The van der Waals surface area contributed by atoms with Crippen LogP contribution in [0, 0.1) is 0 Å². The normalized spacial score (nSPS) is 13.0. The number of hydrogen-bond acceptors (Lipinski definition) is 2. The highest BCUT2D eigenvalue weighted by Crippen LogP contribution is 2.09. The summed E-state index contributed by atoms with van der Waals surface area (Å²) in [5, 5.41) is 8.51. The Bertz CT molecular complexity index is 110. The van der Waals surface area contributed by atoms with Gasteiger partial charge in [0.1, 0.15) is 0 Å². The quantitative estimate of drug-likeness (QED) is 0.452. The van der Waals surface area contributed by atoms with Crippen molar-refractivity contribution in [3.05, 3.63) is 12.2 Å². The van der Waals surface area contributed by atoms with Gasteiger partial charge in [0.25, 0.3) is 0 Å². The van der Waals surface area contributed by atoms with E-state index in [1.165, 1.54) is 5.57 Å². The number of nitrogens with two attached hydrogens (primary N) is 1. The van der Waals surface area contributed by atoms with E-state index in [9.17, 15) is 0 Å². The summed E-state index contributed by atoms with van der Waals surface area (Å²) in [6.45, 7) is 6.17. The molecular formula is C9H19NO. The van der Waals surface area contributed by atoms with E-state index >= 15 is 0 Å². The third-order valence-corrected chi connectivity index (χ3v) is 1.55. The molecule has 66 valence electrons. The molecule has 0 aliphatic carbocycles. The first-order valence-corrected chi connectivity index (χ1v) is 4.20. The Labute approximate surface area is 69.1 Å². The van der Waals surface area contributed by atoms with Gasteiger partial charge in [-0.2, -0.15) is 0 Å². The van der Waals surface area contributed by atoms with Crippen molar-refractivity contribution in [1.29, 1.82) is 0 Å². The van der Waals surface area contributed by atoms with Crippen molar-refractivity contribution in [2.24, 2.45) is 5.73 Å². The second-order valence-electron chi connectivity index (χ2n) is 3.11. The van der Waals surface area contributed by atoms with Gasteiger partial charge in [-0.15, -0.1) is 0 Å². The van der Waals surface area contributed by atoms with Gasteiger partial charge in [-0.05, 0) is 32.6 Å². The average Bonchev–Trinajstić information content (AvgIpc) is 1.86. The molecule has 1 unspecified atom stereocenters. The van der Waals surface area contributed by atoms with Crippen molar-refractivity contribution in [3.8, 4) is 0 Å². The second kappa shape index (κ2) is 6.38. The standard InChI is InChI=1S/C9H19NO/c1-8(7-9(2)10)5-3-4-6-11/h9,11H,1,3-7,10H2,2H3. The largest absolute Gasteiger partial charge is 0.396 e. The smallest absolute Gasteiger partial charge is 0.0431 e. The summed E-state index contributed by atoms with van der Waals surface area (Å²) >= 11 is 0. The Balaban J connectivity index is 3.23. The molecule has 0 rings (SSSR count). The maximum absolute atomic E-state index is 8.51. The van der Waals surface area contributed by atoms with E-state index in [4.69, 9.17) is 10.8 Å². The molecule has 0 aliphatic rings. The van der Waals surface area contributed by atoms with Gasteiger partial charge in [0.2, 0.25) is 0 Å². The Morgan fingerprint density at radius 1 is 1.55 bits per heavy atom. The van der Waals surface area contributed by atoms with Gasteiger partial charge >= 0.3 is 0 Å². The molecule has 0 amide bonds. The summed E-state index contributed by atoms with van der Waals surface area (Å²) in [4.78, 5) is 0. The van der Waals surface area contributed by atoms with Crippen LogP contribution in [0.15, 0.2) is 12.2 Å². The molecule has 1 atom stereocenters. The zero-order valence-corrected chi connectivity index (χ0v) is 7.34. The molecule has 0 fully saturated rings. The van der Waals surface area contributed by atoms with Crippen molar-refractivity contribution >= 4 is 0 Å². The molecule has 2 nitrogen and oxygen atoms in total. The molecule has 0 spiro atoms. The van der Waals surface area contributed by atoms with E-state index < -0.39 is 0 Å². The van der Waals surface area contributed by atoms with Crippen molar-refractivity contribution in [2.45, 2.75) is 38.6 Å². The van der Waals surface area contributed by atoms with Crippen LogP contribution in [0.2, 0.25) is 0 Å². The first-order valence-electron chi connectivity index (χ1n) is 4.20. The summed E-state index contributed by atoms with van der Waals surface area (Å²) in [6.07, 6.45) is 3.81. The molecule has 0 aromatic carbocycles. The second-order valence-corrected chi connectivity index (χ2v) is 3.11. The molecule has 0 radical (unpaired) electrons. The van der Waals surface area contributed by atoms with E-state index in [2.05, 4.69) is 6.58 Å².